The van der Waals surface area contributed by atoms with E-state index in [0.717, 1.165) is 11.3 Å². The van der Waals surface area contributed by atoms with Gasteiger partial charge in [0.05, 0.1) is 10.7 Å². The Labute approximate surface area is 155 Å². The number of benzene rings is 2. The Hall–Kier alpha value is -3.12. The van der Waals surface area contributed by atoms with Crippen molar-refractivity contribution in [3.63, 3.8) is 0 Å². The minimum Gasteiger partial charge on any atom is -0.325 e. The van der Waals surface area contributed by atoms with Crippen LogP contribution < -0.4 is 16.2 Å². The largest absolute Gasteiger partial charge is 0.325 e. The summed E-state index contributed by atoms with van der Waals surface area (Å²) in [6, 6.07) is 18.5. The molecule has 4 rings (SSSR count). The third-order valence-corrected chi connectivity index (χ3v) is 4.36. The standard InChI is InChI=1S/C19H16ClN5O/c1-12-11-16(26)25-17(13-7-3-2-4-8-13)23-18(24-19(25)21-12)22-15-10-6-5-9-14(15)20/h2-11,17H,1H3,(H2,21,22,23,24). The van der Waals surface area contributed by atoms with Gasteiger partial charge >= 0.3 is 0 Å². The molecule has 0 spiro atoms. The second kappa shape index (κ2) is 6.65. The van der Waals surface area contributed by atoms with Crippen LogP contribution in [0.25, 0.3) is 0 Å². The van der Waals surface area contributed by atoms with Crippen molar-refractivity contribution >= 4 is 29.2 Å². The number of guanidine groups is 1. The van der Waals surface area contributed by atoms with Crippen molar-refractivity contribution in [3.8, 4) is 0 Å². The number of nitrogens with one attached hydrogen (secondary N) is 2. The maximum atomic E-state index is 12.6. The van der Waals surface area contributed by atoms with Gasteiger partial charge in [-0.2, -0.15) is 0 Å². The van der Waals surface area contributed by atoms with Gasteiger partial charge in [-0.15, -0.1) is 0 Å². The van der Waals surface area contributed by atoms with E-state index in [1.165, 1.54) is 6.07 Å². The molecule has 0 amide bonds. The molecule has 26 heavy (non-hydrogen) atoms. The zero-order chi connectivity index (χ0) is 18.1. The number of anilines is 2. The molecule has 6 nitrogen and oxygen atoms in total. The van der Waals surface area contributed by atoms with E-state index in [4.69, 9.17) is 11.6 Å². The van der Waals surface area contributed by atoms with Crippen LogP contribution >= 0.6 is 11.6 Å². The first-order chi connectivity index (χ1) is 12.6. The number of para-hydroxylation sites is 1. The number of fused-ring (bicyclic) bond motifs is 1. The fourth-order valence-electron chi connectivity index (χ4n) is 2.85. The summed E-state index contributed by atoms with van der Waals surface area (Å²) in [5.41, 5.74) is 2.09. The molecule has 3 aromatic rings. The Bertz CT molecular complexity index is 1050. The molecule has 130 valence electrons. The molecule has 7 heteroatoms. The van der Waals surface area contributed by atoms with Crippen molar-refractivity contribution in [1.29, 1.82) is 0 Å². The van der Waals surface area contributed by atoms with Crippen LogP contribution in [-0.2, 0) is 0 Å². The van der Waals surface area contributed by atoms with E-state index in [2.05, 4.69) is 20.6 Å². The third kappa shape index (κ3) is 3.07. The summed E-state index contributed by atoms with van der Waals surface area (Å²) in [4.78, 5) is 21.7. The summed E-state index contributed by atoms with van der Waals surface area (Å²) in [7, 11) is 0. The lowest BCUT2D eigenvalue weighted by Gasteiger charge is -2.27. The second-order valence-corrected chi connectivity index (χ2v) is 6.33. The molecule has 2 heterocycles. The monoisotopic (exact) mass is 365 g/mol. The minimum absolute atomic E-state index is 0.158. The number of hydrogen-bond donors (Lipinski definition) is 2. The van der Waals surface area contributed by atoms with E-state index < -0.39 is 6.17 Å². The minimum atomic E-state index is -0.516. The number of halogens is 1. The zero-order valence-corrected chi connectivity index (χ0v) is 14.7. The first-order valence-corrected chi connectivity index (χ1v) is 8.51. The zero-order valence-electron chi connectivity index (χ0n) is 14.0. The van der Waals surface area contributed by atoms with Crippen molar-refractivity contribution in [2.24, 2.45) is 4.99 Å². The number of aliphatic imine (C=N–C) groups is 1. The van der Waals surface area contributed by atoms with Crippen molar-refractivity contribution in [2.45, 2.75) is 13.1 Å². The van der Waals surface area contributed by atoms with Gasteiger partial charge in [0, 0.05) is 11.8 Å². The molecule has 0 radical (unpaired) electrons. The summed E-state index contributed by atoms with van der Waals surface area (Å²) in [5, 5.41) is 6.84. The highest BCUT2D eigenvalue weighted by atomic mass is 35.5. The van der Waals surface area contributed by atoms with Crippen LogP contribution in [0.2, 0.25) is 5.02 Å². The number of rotatable bonds is 2. The highest BCUT2D eigenvalue weighted by Gasteiger charge is 2.25. The maximum Gasteiger partial charge on any atom is 0.257 e. The molecule has 0 saturated carbocycles. The molecule has 1 aliphatic rings. The molecule has 1 unspecified atom stereocenters. The first-order valence-electron chi connectivity index (χ1n) is 8.13. The van der Waals surface area contributed by atoms with E-state index in [0.29, 0.717) is 22.6 Å². The van der Waals surface area contributed by atoms with Crippen LogP contribution in [0.1, 0.15) is 17.4 Å². The molecular weight excluding hydrogens is 350 g/mol. The second-order valence-electron chi connectivity index (χ2n) is 5.92. The van der Waals surface area contributed by atoms with Crippen molar-refractivity contribution < 1.29 is 0 Å². The predicted molar refractivity (Wildman–Crippen MR) is 104 cm³/mol. The summed E-state index contributed by atoms with van der Waals surface area (Å²) < 4.78 is 1.54. The fraction of sp³-hybridized carbons (Fsp3) is 0.105. The molecule has 0 saturated heterocycles. The highest BCUT2D eigenvalue weighted by Crippen LogP contribution is 2.27. The normalized spacial score (nSPS) is 15.6. The Morgan fingerprint density at radius 1 is 1.12 bits per heavy atom. The van der Waals surface area contributed by atoms with E-state index in [1.54, 1.807) is 17.6 Å². The van der Waals surface area contributed by atoms with E-state index in [-0.39, 0.29) is 5.56 Å². The average molecular weight is 366 g/mol. The lowest BCUT2D eigenvalue weighted by Crippen LogP contribution is -2.37. The smallest absolute Gasteiger partial charge is 0.257 e. The molecular formula is C19H16ClN5O. The van der Waals surface area contributed by atoms with E-state index in [1.807, 2.05) is 48.5 Å². The quantitative estimate of drug-likeness (QED) is 0.727. The molecule has 0 fully saturated rings. The molecule has 0 aliphatic carbocycles. The number of aryl methyl sites for hydroxylation is 1. The fourth-order valence-corrected chi connectivity index (χ4v) is 3.03. The molecule has 1 atom stereocenters. The van der Waals surface area contributed by atoms with Crippen LogP contribution in [0, 0.1) is 6.92 Å². The number of aromatic nitrogens is 2. The van der Waals surface area contributed by atoms with Crippen molar-refractivity contribution in [1.82, 2.24) is 9.55 Å². The number of nitrogens with zero attached hydrogens (tertiary/aromatic N) is 3. The Balaban J connectivity index is 1.81. The molecule has 1 aromatic heterocycles. The molecule has 2 aromatic carbocycles. The van der Waals surface area contributed by atoms with Crippen molar-refractivity contribution in [2.75, 3.05) is 10.6 Å². The predicted octanol–water partition coefficient (Wildman–Crippen LogP) is 3.65. The van der Waals surface area contributed by atoms with Crippen LogP contribution in [-0.4, -0.2) is 15.5 Å². The van der Waals surface area contributed by atoms with E-state index >= 15 is 0 Å². The van der Waals surface area contributed by atoms with Gasteiger partial charge in [0.1, 0.15) is 0 Å². The SMILES string of the molecule is Cc1cc(=O)n2c(n1)NC(Nc1ccccc1Cl)=NC2c1ccccc1. The van der Waals surface area contributed by atoms with Gasteiger partial charge in [-0.1, -0.05) is 54.1 Å². The molecule has 2 N–H and O–H groups in total. The Morgan fingerprint density at radius 3 is 2.62 bits per heavy atom. The van der Waals surface area contributed by atoms with Gasteiger partial charge in [0.2, 0.25) is 11.9 Å². The number of hydrogen-bond acceptors (Lipinski definition) is 5. The summed E-state index contributed by atoms with van der Waals surface area (Å²) in [6.07, 6.45) is -0.516. The van der Waals surface area contributed by atoms with Crippen molar-refractivity contribution in [3.05, 3.63) is 87.3 Å². The van der Waals surface area contributed by atoms with Gasteiger partial charge in [-0.05, 0) is 24.6 Å². The lowest BCUT2D eigenvalue weighted by molar-refractivity contribution is 0.577. The van der Waals surface area contributed by atoms with Gasteiger partial charge in [0.15, 0.2) is 6.17 Å². The maximum absolute atomic E-state index is 12.6. The summed E-state index contributed by atoms with van der Waals surface area (Å²) in [5.74, 6) is 0.915. The first kappa shape index (κ1) is 16.4. The van der Waals surface area contributed by atoms with Gasteiger partial charge in [0.25, 0.3) is 5.56 Å². The highest BCUT2D eigenvalue weighted by molar-refractivity contribution is 6.33. The Morgan fingerprint density at radius 2 is 1.85 bits per heavy atom. The van der Waals surface area contributed by atoms with Crippen LogP contribution in [0.3, 0.4) is 0 Å². The van der Waals surface area contributed by atoms with Crippen LogP contribution in [0.15, 0.2) is 70.5 Å². The summed E-state index contributed by atoms with van der Waals surface area (Å²) in [6.45, 7) is 1.79. The topological polar surface area (TPSA) is 71.3 Å². The molecule has 0 bridgehead atoms. The van der Waals surface area contributed by atoms with Crippen LogP contribution in [0.5, 0.6) is 0 Å². The average Bonchev–Trinajstić information content (AvgIpc) is 2.63. The van der Waals surface area contributed by atoms with Gasteiger partial charge in [-0.25, -0.2) is 9.98 Å². The van der Waals surface area contributed by atoms with Gasteiger partial charge in [-0.3, -0.25) is 14.7 Å². The molecule has 1 aliphatic heterocycles. The van der Waals surface area contributed by atoms with Crippen LogP contribution in [0.4, 0.5) is 11.6 Å². The summed E-state index contributed by atoms with van der Waals surface area (Å²) >= 11 is 6.23. The third-order valence-electron chi connectivity index (χ3n) is 4.03. The van der Waals surface area contributed by atoms with E-state index in [9.17, 15) is 4.79 Å². The van der Waals surface area contributed by atoms with Gasteiger partial charge < -0.3 is 5.32 Å². The lowest BCUT2D eigenvalue weighted by atomic mass is 10.1. The Kier molecular flexibility index (Phi) is 4.18.